The molecular weight excluding hydrogens is 202 g/mol. The summed E-state index contributed by atoms with van der Waals surface area (Å²) in [5.41, 5.74) is 1.35. The molecule has 0 atom stereocenters. The van der Waals surface area contributed by atoms with Crippen molar-refractivity contribution < 1.29 is 4.79 Å². The Kier molecular flexibility index (Phi) is 4.76. The van der Waals surface area contributed by atoms with Crippen molar-refractivity contribution in [2.45, 2.75) is 32.7 Å². The van der Waals surface area contributed by atoms with Crippen LogP contribution in [0.4, 0.5) is 5.69 Å². The molecule has 16 heavy (non-hydrogen) atoms. The number of carbonyl (C=O) groups excluding carboxylic acids is 1. The molecule has 0 spiro atoms. The number of carbonyl (C=O) groups is 1. The van der Waals surface area contributed by atoms with E-state index in [1.54, 1.807) is 12.3 Å². The largest absolute Gasteiger partial charge is 0.388 e. The molecule has 0 aliphatic carbocycles. The van der Waals surface area contributed by atoms with Crippen LogP contribution in [0.15, 0.2) is 18.3 Å². The van der Waals surface area contributed by atoms with Gasteiger partial charge in [-0.25, -0.2) is 0 Å². The number of pyridine rings is 1. The van der Waals surface area contributed by atoms with Crippen LogP contribution < -0.4 is 10.6 Å². The molecule has 0 aromatic carbocycles. The van der Waals surface area contributed by atoms with E-state index in [1.165, 1.54) is 0 Å². The molecule has 2 N–H and O–H groups in total. The van der Waals surface area contributed by atoms with Crippen LogP contribution in [0, 0.1) is 0 Å². The molecule has 0 unspecified atom stereocenters. The number of anilines is 1. The Morgan fingerprint density at radius 2 is 2.12 bits per heavy atom. The van der Waals surface area contributed by atoms with Crippen molar-refractivity contribution in [3.63, 3.8) is 0 Å². The van der Waals surface area contributed by atoms with Gasteiger partial charge in [0.2, 0.25) is 0 Å². The minimum absolute atomic E-state index is 0.106. The molecule has 4 nitrogen and oxygen atoms in total. The molecule has 0 aliphatic heterocycles. The molecule has 88 valence electrons. The molecular formula is C12H19N3O. The standard InChI is InChI=1S/C12H19N3O/c1-4-9(5-2)15-12(16)11-8-10(13-3)6-7-14-11/h6-9H,4-5H2,1-3H3,(H,13,14)(H,15,16). The van der Waals surface area contributed by atoms with Gasteiger partial charge in [-0.05, 0) is 25.0 Å². The fraction of sp³-hybridized carbons (Fsp3) is 0.500. The maximum Gasteiger partial charge on any atom is 0.270 e. The zero-order chi connectivity index (χ0) is 12.0. The summed E-state index contributed by atoms with van der Waals surface area (Å²) in [5, 5.41) is 5.94. The molecule has 4 heteroatoms. The van der Waals surface area contributed by atoms with Crippen molar-refractivity contribution in [2.24, 2.45) is 0 Å². The number of amides is 1. The highest BCUT2D eigenvalue weighted by molar-refractivity contribution is 5.93. The summed E-state index contributed by atoms with van der Waals surface area (Å²) in [5.74, 6) is -0.106. The van der Waals surface area contributed by atoms with E-state index in [1.807, 2.05) is 13.1 Å². The number of aromatic nitrogens is 1. The zero-order valence-electron chi connectivity index (χ0n) is 10.1. The maximum atomic E-state index is 11.8. The Hall–Kier alpha value is -1.58. The number of hydrogen-bond donors (Lipinski definition) is 2. The molecule has 0 saturated heterocycles. The van der Waals surface area contributed by atoms with Crippen molar-refractivity contribution in [1.82, 2.24) is 10.3 Å². The van der Waals surface area contributed by atoms with Gasteiger partial charge < -0.3 is 10.6 Å². The molecule has 0 radical (unpaired) electrons. The van der Waals surface area contributed by atoms with E-state index in [0.29, 0.717) is 5.69 Å². The quantitative estimate of drug-likeness (QED) is 0.800. The molecule has 0 fully saturated rings. The van der Waals surface area contributed by atoms with E-state index < -0.39 is 0 Å². The predicted molar refractivity (Wildman–Crippen MR) is 65.6 cm³/mol. The minimum atomic E-state index is -0.106. The Morgan fingerprint density at radius 1 is 1.44 bits per heavy atom. The lowest BCUT2D eigenvalue weighted by molar-refractivity contribution is 0.0930. The Bertz CT molecular complexity index is 348. The van der Waals surface area contributed by atoms with Gasteiger partial charge in [-0.15, -0.1) is 0 Å². The van der Waals surface area contributed by atoms with Gasteiger partial charge in [0.25, 0.3) is 5.91 Å². The highest BCUT2D eigenvalue weighted by Crippen LogP contribution is 2.07. The Balaban J connectivity index is 2.72. The normalized spacial score (nSPS) is 10.2. The van der Waals surface area contributed by atoms with Crippen LogP contribution in [0.3, 0.4) is 0 Å². The van der Waals surface area contributed by atoms with Crippen LogP contribution in [-0.4, -0.2) is 24.0 Å². The van der Waals surface area contributed by atoms with E-state index in [0.717, 1.165) is 18.5 Å². The molecule has 0 aliphatic rings. The van der Waals surface area contributed by atoms with Gasteiger partial charge in [-0.1, -0.05) is 13.8 Å². The summed E-state index contributed by atoms with van der Waals surface area (Å²) >= 11 is 0. The summed E-state index contributed by atoms with van der Waals surface area (Å²) in [7, 11) is 1.82. The second-order valence-electron chi connectivity index (χ2n) is 3.67. The highest BCUT2D eigenvalue weighted by Gasteiger charge is 2.11. The lowest BCUT2D eigenvalue weighted by Crippen LogP contribution is -2.34. The molecule has 1 aromatic heterocycles. The first-order valence-electron chi connectivity index (χ1n) is 5.65. The Labute approximate surface area is 96.5 Å². The number of nitrogens with one attached hydrogen (secondary N) is 2. The van der Waals surface area contributed by atoms with E-state index in [-0.39, 0.29) is 11.9 Å². The molecule has 1 rings (SSSR count). The maximum absolute atomic E-state index is 11.8. The van der Waals surface area contributed by atoms with E-state index in [4.69, 9.17) is 0 Å². The predicted octanol–water partition coefficient (Wildman–Crippen LogP) is 2.04. The van der Waals surface area contributed by atoms with Crippen molar-refractivity contribution in [1.29, 1.82) is 0 Å². The third kappa shape index (κ3) is 3.22. The SMILES string of the molecule is CCC(CC)NC(=O)c1cc(NC)ccn1. The van der Waals surface area contributed by atoms with Crippen molar-refractivity contribution in [3.05, 3.63) is 24.0 Å². The zero-order valence-corrected chi connectivity index (χ0v) is 10.1. The van der Waals surface area contributed by atoms with Crippen molar-refractivity contribution >= 4 is 11.6 Å². The lowest BCUT2D eigenvalue weighted by Gasteiger charge is -2.14. The lowest BCUT2D eigenvalue weighted by atomic mass is 10.1. The molecule has 1 amide bonds. The van der Waals surface area contributed by atoms with Crippen LogP contribution in [-0.2, 0) is 0 Å². The van der Waals surface area contributed by atoms with Crippen LogP contribution in [0.5, 0.6) is 0 Å². The monoisotopic (exact) mass is 221 g/mol. The third-order valence-corrected chi connectivity index (χ3v) is 2.60. The van der Waals surface area contributed by atoms with E-state index >= 15 is 0 Å². The van der Waals surface area contributed by atoms with Crippen LogP contribution in [0.25, 0.3) is 0 Å². The number of hydrogen-bond acceptors (Lipinski definition) is 3. The topological polar surface area (TPSA) is 54.0 Å². The summed E-state index contributed by atoms with van der Waals surface area (Å²) < 4.78 is 0. The van der Waals surface area contributed by atoms with Gasteiger partial charge in [0, 0.05) is 25.0 Å². The second kappa shape index (κ2) is 6.10. The number of nitrogens with zero attached hydrogens (tertiary/aromatic N) is 1. The van der Waals surface area contributed by atoms with Gasteiger partial charge in [0.1, 0.15) is 5.69 Å². The smallest absolute Gasteiger partial charge is 0.270 e. The first-order chi connectivity index (χ1) is 7.71. The molecule has 0 saturated carbocycles. The van der Waals surface area contributed by atoms with Gasteiger partial charge in [0.05, 0.1) is 0 Å². The van der Waals surface area contributed by atoms with Crippen LogP contribution in [0.2, 0.25) is 0 Å². The van der Waals surface area contributed by atoms with E-state index in [9.17, 15) is 4.79 Å². The first-order valence-corrected chi connectivity index (χ1v) is 5.65. The van der Waals surface area contributed by atoms with Crippen LogP contribution >= 0.6 is 0 Å². The fourth-order valence-electron chi connectivity index (χ4n) is 1.46. The minimum Gasteiger partial charge on any atom is -0.388 e. The summed E-state index contributed by atoms with van der Waals surface area (Å²) in [6.45, 7) is 4.12. The summed E-state index contributed by atoms with van der Waals surface area (Å²) in [6.07, 6.45) is 3.51. The summed E-state index contributed by atoms with van der Waals surface area (Å²) in [4.78, 5) is 15.9. The second-order valence-corrected chi connectivity index (χ2v) is 3.67. The van der Waals surface area contributed by atoms with Crippen molar-refractivity contribution in [2.75, 3.05) is 12.4 Å². The van der Waals surface area contributed by atoms with Gasteiger partial charge in [-0.2, -0.15) is 0 Å². The molecule has 1 heterocycles. The molecule has 0 bridgehead atoms. The Morgan fingerprint density at radius 3 is 2.69 bits per heavy atom. The third-order valence-electron chi connectivity index (χ3n) is 2.60. The van der Waals surface area contributed by atoms with E-state index in [2.05, 4.69) is 29.5 Å². The summed E-state index contributed by atoms with van der Waals surface area (Å²) in [6, 6.07) is 3.80. The van der Waals surface area contributed by atoms with Crippen LogP contribution in [0.1, 0.15) is 37.2 Å². The average molecular weight is 221 g/mol. The number of rotatable bonds is 5. The molecule has 1 aromatic rings. The van der Waals surface area contributed by atoms with Gasteiger partial charge in [-0.3, -0.25) is 9.78 Å². The fourth-order valence-corrected chi connectivity index (χ4v) is 1.46. The van der Waals surface area contributed by atoms with Crippen molar-refractivity contribution in [3.8, 4) is 0 Å². The average Bonchev–Trinajstić information content (AvgIpc) is 2.35. The van der Waals surface area contributed by atoms with Gasteiger partial charge in [0.15, 0.2) is 0 Å². The highest BCUT2D eigenvalue weighted by atomic mass is 16.1. The van der Waals surface area contributed by atoms with Gasteiger partial charge >= 0.3 is 0 Å². The first kappa shape index (κ1) is 12.5.